The van der Waals surface area contributed by atoms with Crippen molar-refractivity contribution >= 4 is 11.6 Å². The average molecular weight is 203 g/mol. The molecule has 1 rings (SSSR count). The number of hydrogen-bond donors (Lipinski definition) is 1. The van der Waals surface area contributed by atoms with Crippen LogP contribution >= 0.6 is 11.6 Å². The summed E-state index contributed by atoms with van der Waals surface area (Å²) in [4.78, 5) is 2.28. The molecular weight excluding hydrogens is 184 g/mol. The van der Waals surface area contributed by atoms with Crippen molar-refractivity contribution in [1.29, 1.82) is 0 Å². The Hall–Kier alpha value is -0.0500. The van der Waals surface area contributed by atoms with Crippen LogP contribution < -0.4 is 5.32 Å². The first-order valence-electron chi connectivity index (χ1n) is 4.90. The molecule has 1 N–H and O–H groups in total. The van der Waals surface area contributed by atoms with E-state index in [4.69, 9.17) is 11.6 Å². The van der Waals surface area contributed by atoms with Gasteiger partial charge in [-0.3, -0.25) is 0 Å². The highest BCUT2D eigenvalue weighted by atomic mass is 35.5. The molecule has 0 aromatic rings. The Balaban J connectivity index is 1.99. The van der Waals surface area contributed by atoms with Crippen molar-refractivity contribution in [2.24, 2.45) is 0 Å². The fourth-order valence-corrected chi connectivity index (χ4v) is 1.36. The monoisotopic (exact) mass is 202 g/mol. The highest BCUT2D eigenvalue weighted by Gasteiger charge is 2.19. The summed E-state index contributed by atoms with van der Waals surface area (Å²) in [6.07, 6.45) is 2.73. The topological polar surface area (TPSA) is 15.3 Å². The van der Waals surface area contributed by atoms with Gasteiger partial charge in [-0.1, -0.05) is 11.6 Å². The fraction of sp³-hybridized carbons (Fsp3) is 0.800. The van der Waals surface area contributed by atoms with Gasteiger partial charge in [-0.05, 0) is 32.4 Å². The zero-order valence-electron chi connectivity index (χ0n) is 8.52. The largest absolute Gasteiger partial charge is 0.313 e. The summed E-state index contributed by atoms with van der Waals surface area (Å²) in [5.41, 5.74) is 2.88. The summed E-state index contributed by atoms with van der Waals surface area (Å²) in [5, 5.41) is 3.48. The molecule has 0 radical (unpaired) electrons. The van der Waals surface area contributed by atoms with Gasteiger partial charge >= 0.3 is 0 Å². The number of nitrogens with one attached hydrogen (secondary N) is 1. The van der Waals surface area contributed by atoms with Crippen LogP contribution in [0.3, 0.4) is 0 Å². The zero-order chi connectivity index (χ0) is 9.68. The molecular formula is C10H19ClN2. The van der Waals surface area contributed by atoms with Gasteiger partial charge in [-0.25, -0.2) is 0 Å². The Labute approximate surface area is 85.9 Å². The van der Waals surface area contributed by atoms with E-state index in [0.717, 1.165) is 25.7 Å². The Morgan fingerprint density at radius 2 is 2.31 bits per heavy atom. The lowest BCUT2D eigenvalue weighted by Crippen LogP contribution is -2.31. The second-order valence-electron chi connectivity index (χ2n) is 3.92. The lowest BCUT2D eigenvalue weighted by atomic mass is 10.3. The van der Waals surface area contributed by atoms with Gasteiger partial charge in [0.15, 0.2) is 0 Å². The van der Waals surface area contributed by atoms with Crippen LogP contribution in [0, 0.1) is 0 Å². The van der Waals surface area contributed by atoms with Gasteiger partial charge in [-0.2, -0.15) is 0 Å². The quantitative estimate of drug-likeness (QED) is 0.707. The van der Waals surface area contributed by atoms with E-state index >= 15 is 0 Å². The minimum atomic E-state index is 0.818. The third kappa shape index (κ3) is 5.29. The summed E-state index contributed by atoms with van der Waals surface area (Å²) in [6.45, 7) is 5.21. The molecule has 0 amide bonds. The van der Waals surface area contributed by atoms with Gasteiger partial charge in [0.1, 0.15) is 0 Å². The van der Waals surface area contributed by atoms with E-state index in [1.807, 2.05) is 0 Å². The minimum Gasteiger partial charge on any atom is -0.313 e. The predicted molar refractivity (Wildman–Crippen MR) is 58.1 cm³/mol. The lowest BCUT2D eigenvalue weighted by Gasteiger charge is -2.16. The molecule has 76 valence electrons. The van der Waals surface area contributed by atoms with Crippen LogP contribution in [0.25, 0.3) is 0 Å². The highest BCUT2D eigenvalue weighted by Crippen LogP contribution is 2.17. The first-order valence-corrected chi connectivity index (χ1v) is 5.34. The van der Waals surface area contributed by atoms with Crippen LogP contribution in [0.2, 0.25) is 0 Å². The molecule has 1 aliphatic carbocycles. The van der Waals surface area contributed by atoms with Crippen LogP contribution in [-0.4, -0.2) is 37.6 Å². The third-order valence-corrected chi connectivity index (χ3v) is 2.58. The summed E-state index contributed by atoms with van der Waals surface area (Å²) < 4.78 is 0. The molecule has 13 heavy (non-hydrogen) atoms. The van der Waals surface area contributed by atoms with Crippen LogP contribution in [0.15, 0.2) is 11.1 Å². The van der Waals surface area contributed by atoms with E-state index in [2.05, 4.69) is 24.2 Å². The van der Waals surface area contributed by atoms with Gasteiger partial charge in [0.2, 0.25) is 0 Å². The van der Waals surface area contributed by atoms with Crippen molar-refractivity contribution in [2.45, 2.75) is 25.8 Å². The molecule has 0 aromatic carbocycles. The van der Waals surface area contributed by atoms with Gasteiger partial charge in [-0.15, -0.1) is 0 Å². The Kier molecular flexibility index (Phi) is 4.78. The number of halogens is 1. The Morgan fingerprint density at radius 3 is 2.85 bits per heavy atom. The summed E-state index contributed by atoms with van der Waals surface area (Å²) in [5.74, 6) is 0. The molecule has 0 saturated heterocycles. The highest BCUT2D eigenvalue weighted by molar-refractivity contribution is 6.25. The Morgan fingerprint density at radius 1 is 1.62 bits per heavy atom. The second-order valence-corrected chi connectivity index (χ2v) is 4.14. The fourth-order valence-electron chi connectivity index (χ4n) is 1.29. The summed E-state index contributed by atoms with van der Waals surface area (Å²) in [7, 11) is 2.12. The van der Waals surface area contributed by atoms with E-state index in [9.17, 15) is 0 Å². The zero-order valence-corrected chi connectivity index (χ0v) is 9.27. The molecule has 0 unspecified atom stereocenters. The van der Waals surface area contributed by atoms with Crippen LogP contribution in [0.4, 0.5) is 0 Å². The molecule has 1 saturated carbocycles. The minimum absolute atomic E-state index is 0.818. The van der Waals surface area contributed by atoms with Crippen molar-refractivity contribution in [3.05, 3.63) is 11.1 Å². The molecule has 3 heteroatoms. The number of rotatable bonds is 6. The third-order valence-electron chi connectivity index (χ3n) is 2.21. The predicted octanol–water partition coefficient (Wildman–Crippen LogP) is 1.81. The standard InChI is InChI=1S/C10H19ClN2/c1-9(7-11)8-13(2)6-5-12-10-3-4-10/h7,10,12H,3-6,8H2,1-2H3. The smallest absolute Gasteiger partial charge is 0.0199 e. The van der Waals surface area contributed by atoms with Gasteiger partial charge in [0.05, 0.1) is 0 Å². The first kappa shape index (κ1) is 11.0. The molecule has 0 atom stereocenters. The normalized spacial score (nSPS) is 18.3. The van der Waals surface area contributed by atoms with E-state index in [1.54, 1.807) is 5.54 Å². The van der Waals surface area contributed by atoms with Crippen molar-refractivity contribution < 1.29 is 0 Å². The SMILES string of the molecule is CC(=CCl)CN(C)CCNC1CC1. The molecule has 0 aromatic heterocycles. The van der Waals surface area contributed by atoms with Crippen molar-refractivity contribution in [1.82, 2.24) is 10.2 Å². The van der Waals surface area contributed by atoms with Gasteiger partial charge < -0.3 is 10.2 Å². The maximum absolute atomic E-state index is 5.59. The molecule has 1 fully saturated rings. The summed E-state index contributed by atoms with van der Waals surface area (Å²) >= 11 is 5.59. The van der Waals surface area contributed by atoms with E-state index in [0.29, 0.717) is 0 Å². The lowest BCUT2D eigenvalue weighted by molar-refractivity contribution is 0.357. The average Bonchev–Trinajstić information content (AvgIpc) is 2.88. The molecule has 0 aliphatic heterocycles. The molecule has 0 heterocycles. The number of likely N-dealkylation sites (N-methyl/N-ethyl adjacent to an activating group) is 1. The van der Waals surface area contributed by atoms with Crippen molar-refractivity contribution in [3.8, 4) is 0 Å². The summed E-state index contributed by atoms with van der Waals surface area (Å²) in [6, 6.07) is 0.818. The van der Waals surface area contributed by atoms with E-state index in [-0.39, 0.29) is 0 Å². The van der Waals surface area contributed by atoms with E-state index in [1.165, 1.54) is 18.4 Å². The van der Waals surface area contributed by atoms with Crippen LogP contribution in [0.5, 0.6) is 0 Å². The first-order chi connectivity index (χ1) is 6.22. The van der Waals surface area contributed by atoms with Gasteiger partial charge in [0.25, 0.3) is 0 Å². The van der Waals surface area contributed by atoms with Crippen molar-refractivity contribution in [2.75, 3.05) is 26.7 Å². The number of nitrogens with zero attached hydrogens (tertiary/aromatic N) is 1. The molecule has 1 aliphatic rings. The molecule has 0 bridgehead atoms. The maximum atomic E-state index is 5.59. The Bertz CT molecular complexity index is 176. The van der Waals surface area contributed by atoms with E-state index < -0.39 is 0 Å². The maximum Gasteiger partial charge on any atom is 0.0199 e. The molecule has 0 spiro atoms. The van der Waals surface area contributed by atoms with Gasteiger partial charge in [0, 0.05) is 31.2 Å². The second kappa shape index (κ2) is 5.63. The van der Waals surface area contributed by atoms with Crippen LogP contribution in [0.1, 0.15) is 19.8 Å². The van der Waals surface area contributed by atoms with Crippen LogP contribution in [-0.2, 0) is 0 Å². The van der Waals surface area contributed by atoms with Crippen molar-refractivity contribution in [3.63, 3.8) is 0 Å². The number of hydrogen-bond acceptors (Lipinski definition) is 2. The molecule has 2 nitrogen and oxygen atoms in total.